The van der Waals surface area contributed by atoms with E-state index in [-0.39, 0.29) is 5.75 Å². The number of hydrogen-bond donors (Lipinski definition) is 1. The Morgan fingerprint density at radius 1 is 1.05 bits per heavy atom. The zero-order valence-corrected chi connectivity index (χ0v) is 12.3. The fourth-order valence-electron chi connectivity index (χ4n) is 1.74. The standard InChI is InChI=1S/C15H11BrF2N2O/c16-11-3-5-12(6-4-11)20-14(9-19)10-1-7-13(8-2-10)21-15(17)18/h1-8,14-15,20H. The van der Waals surface area contributed by atoms with Gasteiger partial charge in [0, 0.05) is 10.2 Å². The minimum atomic E-state index is -2.86. The minimum absolute atomic E-state index is 0.0640. The van der Waals surface area contributed by atoms with Crippen LogP contribution in [0.25, 0.3) is 0 Å². The lowest BCUT2D eigenvalue weighted by Crippen LogP contribution is -2.08. The molecule has 0 bridgehead atoms. The van der Waals surface area contributed by atoms with Gasteiger partial charge < -0.3 is 10.1 Å². The van der Waals surface area contributed by atoms with Crippen molar-refractivity contribution in [2.75, 3.05) is 5.32 Å². The van der Waals surface area contributed by atoms with Crippen molar-refractivity contribution in [2.24, 2.45) is 0 Å². The number of benzene rings is 2. The fraction of sp³-hybridized carbons (Fsp3) is 0.133. The summed E-state index contributed by atoms with van der Waals surface area (Å²) in [5.74, 6) is 0.0640. The van der Waals surface area contributed by atoms with Gasteiger partial charge in [-0.05, 0) is 42.0 Å². The Hall–Kier alpha value is -2.13. The van der Waals surface area contributed by atoms with Gasteiger partial charge in [0.15, 0.2) is 0 Å². The van der Waals surface area contributed by atoms with E-state index in [1.807, 2.05) is 24.3 Å². The summed E-state index contributed by atoms with van der Waals surface area (Å²) in [6.07, 6.45) is 0. The molecule has 0 aliphatic carbocycles. The topological polar surface area (TPSA) is 45.0 Å². The van der Waals surface area contributed by atoms with Gasteiger partial charge >= 0.3 is 6.61 Å². The maximum atomic E-state index is 12.1. The van der Waals surface area contributed by atoms with Crippen molar-refractivity contribution in [2.45, 2.75) is 12.7 Å². The molecule has 1 unspecified atom stereocenters. The first-order chi connectivity index (χ1) is 10.1. The quantitative estimate of drug-likeness (QED) is 0.846. The number of halogens is 3. The molecule has 0 radical (unpaired) electrons. The minimum Gasteiger partial charge on any atom is -0.435 e. The van der Waals surface area contributed by atoms with E-state index in [2.05, 4.69) is 32.1 Å². The van der Waals surface area contributed by atoms with Gasteiger partial charge in [-0.3, -0.25) is 0 Å². The van der Waals surface area contributed by atoms with Crippen LogP contribution in [0.5, 0.6) is 5.75 Å². The maximum absolute atomic E-state index is 12.1. The van der Waals surface area contributed by atoms with Gasteiger partial charge in [0.2, 0.25) is 0 Å². The lowest BCUT2D eigenvalue weighted by Gasteiger charge is -2.14. The molecule has 0 fully saturated rings. The van der Waals surface area contributed by atoms with Crippen molar-refractivity contribution in [1.29, 1.82) is 5.26 Å². The molecule has 0 aliphatic rings. The van der Waals surface area contributed by atoms with Gasteiger partial charge in [-0.25, -0.2) is 0 Å². The van der Waals surface area contributed by atoms with Gasteiger partial charge in [0.25, 0.3) is 0 Å². The highest BCUT2D eigenvalue weighted by atomic mass is 79.9. The van der Waals surface area contributed by atoms with E-state index < -0.39 is 12.7 Å². The molecule has 1 atom stereocenters. The second kappa shape index (κ2) is 7.04. The van der Waals surface area contributed by atoms with E-state index in [4.69, 9.17) is 0 Å². The molecule has 21 heavy (non-hydrogen) atoms. The third-order valence-electron chi connectivity index (χ3n) is 2.72. The Labute approximate surface area is 129 Å². The molecule has 2 aromatic rings. The zero-order chi connectivity index (χ0) is 15.2. The molecule has 0 aliphatic heterocycles. The third-order valence-corrected chi connectivity index (χ3v) is 3.25. The van der Waals surface area contributed by atoms with Crippen LogP contribution in [0, 0.1) is 11.3 Å². The van der Waals surface area contributed by atoms with Gasteiger partial charge in [-0.2, -0.15) is 14.0 Å². The van der Waals surface area contributed by atoms with E-state index >= 15 is 0 Å². The van der Waals surface area contributed by atoms with Crippen LogP contribution in [0.3, 0.4) is 0 Å². The van der Waals surface area contributed by atoms with Crippen LogP contribution in [-0.2, 0) is 0 Å². The van der Waals surface area contributed by atoms with Crippen LogP contribution in [0.4, 0.5) is 14.5 Å². The smallest absolute Gasteiger partial charge is 0.387 e. The average Bonchev–Trinajstić information content (AvgIpc) is 2.47. The maximum Gasteiger partial charge on any atom is 0.387 e. The summed E-state index contributed by atoms with van der Waals surface area (Å²) in [5, 5.41) is 12.3. The van der Waals surface area contributed by atoms with Gasteiger partial charge in [-0.1, -0.05) is 28.1 Å². The van der Waals surface area contributed by atoms with Crippen LogP contribution < -0.4 is 10.1 Å². The number of nitriles is 1. The van der Waals surface area contributed by atoms with E-state index in [0.29, 0.717) is 5.56 Å². The Bertz CT molecular complexity index is 624. The van der Waals surface area contributed by atoms with Crippen LogP contribution in [-0.4, -0.2) is 6.61 Å². The molecular formula is C15H11BrF2N2O. The lowest BCUT2D eigenvalue weighted by molar-refractivity contribution is -0.0498. The predicted octanol–water partition coefficient (Wildman–Crippen LogP) is 4.73. The Kier molecular flexibility index (Phi) is 5.12. The molecule has 3 nitrogen and oxygen atoms in total. The molecular weight excluding hydrogens is 342 g/mol. The Morgan fingerprint density at radius 2 is 1.67 bits per heavy atom. The lowest BCUT2D eigenvalue weighted by atomic mass is 10.1. The Balaban J connectivity index is 2.10. The highest BCUT2D eigenvalue weighted by Crippen LogP contribution is 2.23. The van der Waals surface area contributed by atoms with E-state index in [1.165, 1.54) is 12.1 Å². The van der Waals surface area contributed by atoms with Crippen LogP contribution in [0.15, 0.2) is 53.0 Å². The number of ether oxygens (including phenoxy) is 1. The zero-order valence-electron chi connectivity index (χ0n) is 10.8. The average molecular weight is 353 g/mol. The fourth-order valence-corrected chi connectivity index (χ4v) is 2.01. The van der Waals surface area contributed by atoms with Crippen molar-refractivity contribution in [1.82, 2.24) is 0 Å². The van der Waals surface area contributed by atoms with Gasteiger partial charge in [0.05, 0.1) is 6.07 Å². The summed E-state index contributed by atoms with van der Waals surface area (Å²) in [7, 11) is 0. The first-order valence-electron chi connectivity index (χ1n) is 6.05. The number of rotatable bonds is 5. The van der Waals surface area contributed by atoms with Crippen LogP contribution >= 0.6 is 15.9 Å². The number of nitrogens with zero attached hydrogens (tertiary/aromatic N) is 1. The number of anilines is 1. The molecule has 0 saturated carbocycles. The van der Waals surface area contributed by atoms with E-state index in [9.17, 15) is 14.0 Å². The largest absolute Gasteiger partial charge is 0.435 e. The molecule has 0 amide bonds. The molecule has 6 heteroatoms. The van der Waals surface area contributed by atoms with Gasteiger partial charge in [-0.15, -0.1) is 0 Å². The Morgan fingerprint density at radius 3 is 2.19 bits per heavy atom. The highest BCUT2D eigenvalue weighted by molar-refractivity contribution is 9.10. The molecule has 0 heterocycles. The molecule has 2 aromatic carbocycles. The number of nitrogens with one attached hydrogen (secondary N) is 1. The number of hydrogen-bond acceptors (Lipinski definition) is 3. The molecule has 108 valence electrons. The summed E-state index contributed by atoms with van der Waals surface area (Å²) < 4.78 is 29.4. The van der Waals surface area contributed by atoms with Crippen molar-refractivity contribution < 1.29 is 13.5 Å². The first kappa shape index (κ1) is 15.3. The summed E-state index contributed by atoms with van der Waals surface area (Å²) in [5.41, 5.74) is 1.46. The predicted molar refractivity (Wildman–Crippen MR) is 79.2 cm³/mol. The molecule has 0 saturated heterocycles. The summed E-state index contributed by atoms with van der Waals surface area (Å²) >= 11 is 3.33. The second-order valence-electron chi connectivity index (χ2n) is 4.16. The summed E-state index contributed by atoms with van der Waals surface area (Å²) in [6, 6.07) is 14.9. The summed E-state index contributed by atoms with van der Waals surface area (Å²) in [6.45, 7) is -2.86. The van der Waals surface area contributed by atoms with Crippen molar-refractivity contribution in [3.05, 3.63) is 58.6 Å². The van der Waals surface area contributed by atoms with Crippen LogP contribution in [0.2, 0.25) is 0 Å². The van der Waals surface area contributed by atoms with Crippen LogP contribution in [0.1, 0.15) is 11.6 Å². The monoisotopic (exact) mass is 352 g/mol. The molecule has 2 rings (SSSR count). The SMILES string of the molecule is N#CC(Nc1ccc(Br)cc1)c1ccc(OC(F)F)cc1. The van der Waals surface area contributed by atoms with Gasteiger partial charge in [0.1, 0.15) is 11.8 Å². The molecule has 0 aromatic heterocycles. The molecule has 0 spiro atoms. The van der Waals surface area contributed by atoms with E-state index in [1.54, 1.807) is 12.1 Å². The van der Waals surface area contributed by atoms with Crippen molar-refractivity contribution in [3.63, 3.8) is 0 Å². The second-order valence-corrected chi connectivity index (χ2v) is 5.08. The van der Waals surface area contributed by atoms with Crippen molar-refractivity contribution in [3.8, 4) is 11.8 Å². The highest BCUT2D eigenvalue weighted by Gasteiger charge is 2.11. The molecule has 1 N–H and O–H groups in total. The normalized spacial score (nSPS) is 11.8. The van der Waals surface area contributed by atoms with Crippen molar-refractivity contribution >= 4 is 21.6 Å². The summed E-state index contributed by atoms with van der Waals surface area (Å²) in [4.78, 5) is 0. The van der Waals surface area contributed by atoms with E-state index in [0.717, 1.165) is 10.2 Å². The number of alkyl halides is 2. The third kappa shape index (κ3) is 4.43. The first-order valence-corrected chi connectivity index (χ1v) is 6.84.